The molecule has 1 fully saturated rings. The minimum absolute atomic E-state index is 0.224. The summed E-state index contributed by atoms with van der Waals surface area (Å²) in [6.45, 7) is 1.99. The zero-order valence-electron chi connectivity index (χ0n) is 11.2. The first-order valence-corrected chi connectivity index (χ1v) is 6.28. The number of carbonyl (C=O) groups excluding carboxylic acids is 2. The summed E-state index contributed by atoms with van der Waals surface area (Å²) in [4.78, 5) is 25.1. The number of nitrogen functional groups attached to an aromatic ring is 1. The number of para-hydroxylation sites is 1. The SMILES string of the molecule is CC1C(=O)NCCN1C(=O)c1cccc(C(F)(F)F)c1N. The van der Waals surface area contributed by atoms with Gasteiger partial charge in [0.25, 0.3) is 5.91 Å². The summed E-state index contributed by atoms with van der Waals surface area (Å²) in [5.41, 5.74) is 3.57. The average Bonchev–Trinajstić information content (AvgIpc) is 2.40. The van der Waals surface area contributed by atoms with Gasteiger partial charge in [0.1, 0.15) is 6.04 Å². The van der Waals surface area contributed by atoms with Crippen LogP contribution in [-0.2, 0) is 11.0 Å². The Balaban J connectivity index is 2.38. The van der Waals surface area contributed by atoms with Crippen molar-refractivity contribution < 1.29 is 22.8 Å². The Morgan fingerprint density at radius 3 is 2.71 bits per heavy atom. The third-order valence-corrected chi connectivity index (χ3v) is 3.40. The lowest BCUT2D eigenvalue weighted by Gasteiger charge is -2.33. The van der Waals surface area contributed by atoms with E-state index < -0.39 is 29.4 Å². The molecule has 0 aromatic heterocycles. The highest BCUT2D eigenvalue weighted by Gasteiger charge is 2.36. The van der Waals surface area contributed by atoms with Crippen molar-refractivity contribution >= 4 is 17.5 Å². The monoisotopic (exact) mass is 301 g/mol. The van der Waals surface area contributed by atoms with Crippen molar-refractivity contribution in [3.05, 3.63) is 29.3 Å². The number of nitrogens with one attached hydrogen (secondary N) is 1. The number of carbonyl (C=O) groups is 2. The van der Waals surface area contributed by atoms with Gasteiger partial charge in [0.2, 0.25) is 5.91 Å². The van der Waals surface area contributed by atoms with E-state index in [1.54, 1.807) is 0 Å². The molecule has 2 rings (SSSR count). The minimum Gasteiger partial charge on any atom is -0.398 e. The van der Waals surface area contributed by atoms with Crippen LogP contribution in [0.2, 0.25) is 0 Å². The molecule has 1 aromatic rings. The van der Waals surface area contributed by atoms with Gasteiger partial charge < -0.3 is 16.0 Å². The maximum Gasteiger partial charge on any atom is 0.418 e. The molecule has 0 saturated carbocycles. The van der Waals surface area contributed by atoms with Gasteiger partial charge in [-0.2, -0.15) is 13.2 Å². The Bertz CT molecular complexity index is 587. The zero-order chi connectivity index (χ0) is 15.8. The van der Waals surface area contributed by atoms with Gasteiger partial charge in [-0.25, -0.2) is 0 Å². The second kappa shape index (κ2) is 5.27. The second-order valence-electron chi connectivity index (χ2n) is 4.73. The predicted octanol–water partition coefficient (Wildman–Crippen LogP) is 1.25. The third-order valence-electron chi connectivity index (χ3n) is 3.40. The van der Waals surface area contributed by atoms with Crippen LogP contribution in [0.3, 0.4) is 0 Å². The van der Waals surface area contributed by atoms with Crippen molar-refractivity contribution in [1.82, 2.24) is 10.2 Å². The number of rotatable bonds is 1. The third kappa shape index (κ3) is 2.79. The summed E-state index contributed by atoms with van der Waals surface area (Å²) >= 11 is 0. The molecule has 1 aliphatic heterocycles. The Morgan fingerprint density at radius 1 is 1.43 bits per heavy atom. The number of amides is 2. The van der Waals surface area contributed by atoms with E-state index >= 15 is 0 Å². The summed E-state index contributed by atoms with van der Waals surface area (Å²) in [6.07, 6.45) is -4.63. The van der Waals surface area contributed by atoms with Gasteiger partial charge in [0.15, 0.2) is 0 Å². The van der Waals surface area contributed by atoms with Gasteiger partial charge in [-0.3, -0.25) is 9.59 Å². The van der Waals surface area contributed by atoms with E-state index in [1.807, 2.05) is 0 Å². The standard InChI is InChI=1S/C13H14F3N3O2/c1-7-11(20)18-5-6-19(7)12(21)8-3-2-4-9(10(8)17)13(14,15)16/h2-4,7H,5-6,17H2,1H3,(H,18,20). The number of nitrogens with two attached hydrogens (primary N) is 1. The van der Waals surface area contributed by atoms with Crippen LogP contribution >= 0.6 is 0 Å². The normalized spacial score (nSPS) is 19.3. The van der Waals surface area contributed by atoms with Gasteiger partial charge in [-0.1, -0.05) is 6.07 Å². The first-order chi connectivity index (χ1) is 9.73. The van der Waals surface area contributed by atoms with Gasteiger partial charge in [-0.15, -0.1) is 0 Å². The van der Waals surface area contributed by atoms with E-state index in [0.717, 1.165) is 12.1 Å². The van der Waals surface area contributed by atoms with E-state index in [4.69, 9.17) is 5.73 Å². The average molecular weight is 301 g/mol. The zero-order valence-corrected chi connectivity index (χ0v) is 11.2. The van der Waals surface area contributed by atoms with Crippen LogP contribution in [0.5, 0.6) is 0 Å². The van der Waals surface area contributed by atoms with Crippen LogP contribution in [0, 0.1) is 0 Å². The second-order valence-corrected chi connectivity index (χ2v) is 4.73. The topological polar surface area (TPSA) is 75.4 Å². The molecule has 1 aliphatic rings. The van der Waals surface area contributed by atoms with Crippen LogP contribution in [0.15, 0.2) is 18.2 Å². The van der Waals surface area contributed by atoms with E-state index in [9.17, 15) is 22.8 Å². The number of halogens is 3. The van der Waals surface area contributed by atoms with Crippen LogP contribution in [0.4, 0.5) is 18.9 Å². The molecular formula is C13H14F3N3O2. The number of piperazine rings is 1. The first kappa shape index (κ1) is 15.1. The van der Waals surface area contributed by atoms with Crippen molar-refractivity contribution in [2.24, 2.45) is 0 Å². The largest absolute Gasteiger partial charge is 0.418 e. The first-order valence-electron chi connectivity index (χ1n) is 6.28. The predicted molar refractivity (Wildman–Crippen MR) is 69.4 cm³/mol. The molecular weight excluding hydrogens is 287 g/mol. The van der Waals surface area contributed by atoms with E-state index in [2.05, 4.69) is 5.32 Å². The Kier molecular flexibility index (Phi) is 3.80. The fourth-order valence-electron chi connectivity index (χ4n) is 2.21. The van der Waals surface area contributed by atoms with Crippen molar-refractivity contribution in [3.63, 3.8) is 0 Å². The van der Waals surface area contributed by atoms with Crippen molar-refractivity contribution in [3.8, 4) is 0 Å². The summed E-state index contributed by atoms with van der Waals surface area (Å²) < 4.78 is 38.4. The number of anilines is 1. The van der Waals surface area contributed by atoms with Crippen molar-refractivity contribution in [2.45, 2.75) is 19.1 Å². The van der Waals surface area contributed by atoms with Crippen LogP contribution in [0.1, 0.15) is 22.8 Å². The molecule has 1 unspecified atom stereocenters. The number of benzene rings is 1. The smallest absolute Gasteiger partial charge is 0.398 e. The minimum atomic E-state index is -4.63. The highest BCUT2D eigenvalue weighted by atomic mass is 19.4. The molecule has 1 aromatic carbocycles. The Labute approximate surface area is 118 Å². The Hall–Kier alpha value is -2.25. The Morgan fingerprint density at radius 2 is 2.10 bits per heavy atom. The summed E-state index contributed by atoms with van der Waals surface area (Å²) in [7, 11) is 0. The lowest BCUT2D eigenvalue weighted by molar-refractivity contribution is -0.137. The van der Waals surface area contributed by atoms with Gasteiger partial charge in [0.05, 0.1) is 16.8 Å². The molecule has 1 heterocycles. The highest BCUT2D eigenvalue weighted by molar-refractivity contribution is 6.02. The maximum absolute atomic E-state index is 12.8. The molecule has 5 nitrogen and oxygen atoms in total. The highest BCUT2D eigenvalue weighted by Crippen LogP contribution is 2.35. The van der Waals surface area contributed by atoms with E-state index in [-0.39, 0.29) is 24.6 Å². The molecule has 0 bridgehead atoms. The molecule has 0 radical (unpaired) electrons. The van der Waals surface area contributed by atoms with Crippen LogP contribution in [-0.4, -0.2) is 35.8 Å². The maximum atomic E-state index is 12.8. The van der Waals surface area contributed by atoms with Gasteiger partial charge >= 0.3 is 6.18 Å². The van der Waals surface area contributed by atoms with Gasteiger partial charge in [0, 0.05) is 13.1 Å². The molecule has 21 heavy (non-hydrogen) atoms. The van der Waals surface area contributed by atoms with Crippen molar-refractivity contribution in [2.75, 3.05) is 18.8 Å². The molecule has 3 N–H and O–H groups in total. The lowest BCUT2D eigenvalue weighted by Crippen LogP contribution is -2.55. The molecule has 0 aliphatic carbocycles. The number of nitrogens with zero attached hydrogens (tertiary/aromatic N) is 1. The summed E-state index contributed by atoms with van der Waals surface area (Å²) in [5, 5.41) is 2.57. The number of hydrogen-bond acceptors (Lipinski definition) is 3. The quantitative estimate of drug-likeness (QED) is 0.767. The number of alkyl halides is 3. The van der Waals surface area contributed by atoms with E-state index in [0.29, 0.717) is 0 Å². The molecule has 8 heteroatoms. The van der Waals surface area contributed by atoms with Crippen molar-refractivity contribution in [1.29, 1.82) is 0 Å². The number of hydrogen-bond donors (Lipinski definition) is 2. The van der Waals surface area contributed by atoms with Gasteiger partial charge in [-0.05, 0) is 19.1 Å². The molecule has 1 atom stereocenters. The summed E-state index contributed by atoms with van der Waals surface area (Å²) in [5.74, 6) is -1.03. The van der Waals surface area contributed by atoms with Crippen LogP contribution in [0.25, 0.3) is 0 Å². The molecule has 0 spiro atoms. The molecule has 2 amide bonds. The van der Waals surface area contributed by atoms with Crippen LogP contribution < -0.4 is 11.1 Å². The molecule has 1 saturated heterocycles. The molecule has 114 valence electrons. The lowest BCUT2D eigenvalue weighted by atomic mass is 10.0. The van der Waals surface area contributed by atoms with E-state index in [1.165, 1.54) is 17.9 Å². The summed E-state index contributed by atoms with van der Waals surface area (Å²) in [6, 6.07) is 2.42. The fourth-order valence-corrected chi connectivity index (χ4v) is 2.21. The fraction of sp³-hybridized carbons (Fsp3) is 0.385.